The average Bonchev–Trinajstić information content (AvgIpc) is 3.06. The lowest BCUT2D eigenvalue weighted by Gasteiger charge is -2.23. The molecule has 1 fully saturated rings. The van der Waals surface area contributed by atoms with Crippen LogP contribution in [-0.2, 0) is 0 Å². The van der Waals surface area contributed by atoms with Crippen molar-refractivity contribution < 1.29 is 4.74 Å². The first kappa shape index (κ1) is 14.1. The van der Waals surface area contributed by atoms with Gasteiger partial charge in [0, 0.05) is 48.4 Å². The van der Waals surface area contributed by atoms with E-state index >= 15 is 0 Å². The highest BCUT2D eigenvalue weighted by Gasteiger charge is 2.16. The summed E-state index contributed by atoms with van der Waals surface area (Å²) in [6.45, 7) is 2.87. The molecule has 1 atom stereocenters. The Bertz CT molecular complexity index is 780. The summed E-state index contributed by atoms with van der Waals surface area (Å²) in [4.78, 5) is 15.8. The predicted molar refractivity (Wildman–Crippen MR) is 88.2 cm³/mol. The Morgan fingerprint density at radius 2 is 2.17 bits per heavy atom. The number of ether oxygens (including phenoxy) is 1. The smallest absolute Gasteiger partial charge is 0.141 e. The Labute approximate surface area is 134 Å². The molecule has 0 radical (unpaired) electrons. The monoisotopic (exact) mass is 309 g/mol. The van der Waals surface area contributed by atoms with Crippen molar-refractivity contribution in [3.8, 4) is 16.9 Å². The van der Waals surface area contributed by atoms with Crippen LogP contribution in [0.1, 0.15) is 12.8 Å². The second kappa shape index (κ2) is 6.34. The van der Waals surface area contributed by atoms with E-state index in [1.807, 2.05) is 12.3 Å². The first-order valence-corrected chi connectivity index (χ1v) is 7.97. The third-order valence-electron chi connectivity index (χ3n) is 4.28. The van der Waals surface area contributed by atoms with Crippen molar-refractivity contribution in [1.29, 1.82) is 0 Å². The van der Waals surface area contributed by atoms with Gasteiger partial charge in [0.2, 0.25) is 0 Å². The zero-order valence-corrected chi connectivity index (χ0v) is 12.8. The van der Waals surface area contributed by atoms with Gasteiger partial charge in [0.1, 0.15) is 17.7 Å². The van der Waals surface area contributed by atoms with E-state index in [1.165, 1.54) is 19.2 Å². The minimum Gasteiger partial charge on any atom is -0.492 e. The second-order valence-corrected chi connectivity index (χ2v) is 5.89. The van der Waals surface area contributed by atoms with Crippen LogP contribution in [0.4, 0.5) is 0 Å². The Morgan fingerprint density at radius 1 is 1.26 bits per heavy atom. The molecule has 118 valence electrons. The Morgan fingerprint density at radius 3 is 3.00 bits per heavy atom. The van der Waals surface area contributed by atoms with Crippen LogP contribution in [-0.4, -0.2) is 39.6 Å². The van der Waals surface area contributed by atoms with Crippen molar-refractivity contribution in [3.63, 3.8) is 0 Å². The molecule has 0 bridgehead atoms. The zero-order valence-electron chi connectivity index (χ0n) is 12.8. The molecule has 6 heteroatoms. The summed E-state index contributed by atoms with van der Waals surface area (Å²) in [5.74, 6) is 1.43. The van der Waals surface area contributed by atoms with E-state index in [2.05, 4.69) is 25.3 Å². The van der Waals surface area contributed by atoms with E-state index in [0.29, 0.717) is 5.92 Å². The number of aromatic nitrogens is 4. The number of nitrogens with one attached hydrogen (secondary N) is 2. The highest BCUT2D eigenvalue weighted by molar-refractivity contribution is 5.97. The van der Waals surface area contributed by atoms with Crippen LogP contribution in [0.2, 0.25) is 0 Å². The first-order chi connectivity index (χ1) is 11.4. The fraction of sp³-hybridized carbons (Fsp3) is 0.353. The summed E-state index contributed by atoms with van der Waals surface area (Å²) in [6, 6.07) is 1.93. The summed E-state index contributed by atoms with van der Waals surface area (Å²) in [6.07, 6.45) is 11.3. The Balaban J connectivity index is 1.65. The summed E-state index contributed by atoms with van der Waals surface area (Å²) >= 11 is 0. The number of nitrogens with zero attached hydrogens (tertiary/aromatic N) is 3. The molecule has 0 saturated carbocycles. The molecule has 0 aliphatic carbocycles. The molecule has 0 spiro atoms. The van der Waals surface area contributed by atoms with Crippen LogP contribution in [0.5, 0.6) is 5.75 Å². The van der Waals surface area contributed by atoms with Crippen molar-refractivity contribution in [2.75, 3.05) is 19.7 Å². The van der Waals surface area contributed by atoms with E-state index in [9.17, 15) is 0 Å². The highest BCUT2D eigenvalue weighted by atomic mass is 16.5. The van der Waals surface area contributed by atoms with Gasteiger partial charge in [-0.2, -0.15) is 0 Å². The van der Waals surface area contributed by atoms with Crippen molar-refractivity contribution >= 4 is 11.0 Å². The third kappa shape index (κ3) is 2.90. The third-order valence-corrected chi connectivity index (χ3v) is 4.28. The largest absolute Gasteiger partial charge is 0.492 e. The highest BCUT2D eigenvalue weighted by Crippen LogP contribution is 2.34. The standard InChI is InChI=1S/C17H19N5O/c1-2-12(6-18-4-1)10-23-15-3-5-21-17-16(15)14(9-22-17)13-7-19-11-20-8-13/h3,5,7-9,11-12,18H,1-2,4,6,10H2,(H,21,22)/t12-/m1/s1. The molecule has 23 heavy (non-hydrogen) atoms. The molecule has 0 aromatic carbocycles. The first-order valence-electron chi connectivity index (χ1n) is 7.97. The second-order valence-electron chi connectivity index (χ2n) is 5.89. The van der Waals surface area contributed by atoms with Crippen LogP contribution in [0.15, 0.2) is 37.2 Å². The number of fused-ring (bicyclic) bond motifs is 1. The van der Waals surface area contributed by atoms with Crippen LogP contribution < -0.4 is 10.1 Å². The quantitative estimate of drug-likeness (QED) is 0.774. The lowest BCUT2D eigenvalue weighted by Crippen LogP contribution is -2.33. The summed E-state index contributed by atoms with van der Waals surface area (Å²) in [5.41, 5.74) is 2.80. The van der Waals surface area contributed by atoms with Crippen molar-refractivity contribution in [3.05, 3.63) is 37.2 Å². The molecule has 2 N–H and O–H groups in total. The summed E-state index contributed by atoms with van der Waals surface area (Å²) < 4.78 is 6.14. The molecule has 1 aliphatic rings. The minimum atomic E-state index is 0.564. The number of H-pyrrole nitrogens is 1. The van der Waals surface area contributed by atoms with Gasteiger partial charge in [-0.15, -0.1) is 0 Å². The maximum atomic E-state index is 6.14. The normalized spacial score (nSPS) is 18.2. The number of rotatable bonds is 4. The lowest BCUT2D eigenvalue weighted by atomic mass is 10.0. The molecule has 6 nitrogen and oxygen atoms in total. The van der Waals surface area contributed by atoms with Crippen LogP contribution in [0, 0.1) is 5.92 Å². The predicted octanol–water partition coefficient (Wildman–Crippen LogP) is 2.40. The maximum Gasteiger partial charge on any atom is 0.141 e. The molecule has 4 heterocycles. The van der Waals surface area contributed by atoms with E-state index < -0.39 is 0 Å². The molecular formula is C17H19N5O. The molecule has 4 rings (SSSR count). The Hall–Kier alpha value is -2.47. The molecule has 0 amide bonds. The van der Waals surface area contributed by atoms with Crippen molar-refractivity contribution in [2.45, 2.75) is 12.8 Å². The van der Waals surface area contributed by atoms with Gasteiger partial charge in [-0.05, 0) is 25.5 Å². The number of hydrogen-bond acceptors (Lipinski definition) is 5. The lowest BCUT2D eigenvalue weighted by molar-refractivity contribution is 0.220. The molecule has 3 aromatic heterocycles. The van der Waals surface area contributed by atoms with Gasteiger partial charge in [0.05, 0.1) is 12.0 Å². The van der Waals surface area contributed by atoms with E-state index in [4.69, 9.17) is 4.74 Å². The Kier molecular flexibility index (Phi) is 3.90. The minimum absolute atomic E-state index is 0.564. The zero-order chi connectivity index (χ0) is 15.5. The fourth-order valence-electron chi connectivity index (χ4n) is 3.09. The molecule has 1 saturated heterocycles. The van der Waals surface area contributed by atoms with Gasteiger partial charge in [-0.1, -0.05) is 0 Å². The average molecular weight is 309 g/mol. The van der Waals surface area contributed by atoms with E-state index in [0.717, 1.165) is 47.6 Å². The van der Waals surface area contributed by atoms with Gasteiger partial charge in [0.15, 0.2) is 0 Å². The number of piperidine rings is 1. The van der Waals surface area contributed by atoms with E-state index in [1.54, 1.807) is 18.6 Å². The van der Waals surface area contributed by atoms with Crippen LogP contribution >= 0.6 is 0 Å². The maximum absolute atomic E-state index is 6.14. The van der Waals surface area contributed by atoms with Gasteiger partial charge in [0.25, 0.3) is 0 Å². The van der Waals surface area contributed by atoms with E-state index in [-0.39, 0.29) is 0 Å². The van der Waals surface area contributed by atoms with Crippen molar-refractivity contribution in [2.24, 2.45) is 5.92 Å². The fourth-order valence-corrected chi connectivity index (χ4v) is 3.09. The van der Waals surface area contributed by atoms with Gasteiger partial charge in [-0.3, -0.25) is 0 Å². The van der Waals surface area contributed by atoms with Gasteiger partial charge >= 0.3 is 0 Å². The van der Waals surface area contributed by atoms with Crippen LogP contribution in [0.25, 0.3) is 22.2 Å². The topological polar surface area (TPSA) is 75.7 Å². The molecule has 3 aromatic rings. The number of hydrogen-bond donors (Lipinski definition) is 2. The SMILES string of the molecule is c1ncc(-c2c[nH]c3nccc(OC[C@@H]4CCCNC4)c23)cn1. The molecule has 1 aliphatic heterocycles. The summed E-state index contributed by atoms with van der Waals surface area (Å²) in [5, 5.41) is 4.42. The number of pyridine rings is 1. The summed E-state index contributed by atoms with van der Waals surface area (Å²) in [7, 11) is 0. The number of aromatic amines is 1. The molecule has 0 unspecified atom stereocenters. The van der Waals surface area contributed by atoms with Crippen LogP contribution in [0.3, 0.4) is 0 Å². The van der Waals surface area contributed by atoms with Gasteiger partial charge in [-0.25, -0.2) is 15.0 Å². The van der Waals surface area contributed by atoms with Crippen molar-refractivity contribution in [1.82, 2.24) is 25.3 Å². The molecular weight excluding hydrogens is 290 g/mol. The van der Waals surface area contributed by atoms with Gasteiger partial charge < -0.3 is 15.0 Å².